The number of rotatable bonds is 6. The lowest BCUT2D eigenvalue weighted by molar-refractivity contribution is -0.121. The van der Waals surface area contributed by atoms with Crippen LogP contribution < -0.4 is 11.1 Å². The number of nitrogens with two attached hydrogens (primary N) is 1. The molecule has 1 aromatic heterocycles. The van der Waals surface area contributed by atoms with Crippen molar-refractivity contribution in [2.24, 2.45) is 5.73 Å². The van der Waals surface area contributed by atoms with Gasteiger partial charge in [0.1, 0.15) is 5.76 Å². The van der Waals surface area contributed by atoms with Crippen molar-refractivity contribution in [2.75, 3.05) is 20.1 Å². The Balaban J connectivity index is 2.78. The molecule has 6 heteroatoms. The van der Waals surface area contributed by atoms with Gasteiger partial charge in [-0.15, -0.1) is 0 Å². The minimum Gasteiger partial charge on any atom is -0.455 e. The summed E-state index contributed by atoms with van der Waals surface area (Å²) in [5, 5.41) is 2.49. The predicted octanol–water partition coefficient (Wildman–Crippen LogP) is 0.336. The van der Waals surface area contributed by atoms with Gasteiger partial charge in [-0.25, -0.2) is 0 Å². The van der Waals surface area contributed by atoms with E-state index >= 15 is 0 Å². The van der Waals surface area contributed by atoms with Gasteiger partial charge < -0.3 is 20.4 Å². The lowest BCUT2D eigenvalue weighted by Gasteiger charge is -2.19. The standard InChI is InChI=1S/C12H19N3O3/c1-3-6-15(8-11(16)14-2)12(17)10-5-4-9(7-13)18-10/h4-5H,3,6-8,13H2,1-2H3,(H,14,16). The molecule has 6 nitrogen and oxygen atoms in total. The maximum Gasteiger partial charge on any atom is 0.290 e. The minimum atomic E-state index is -0.292. The van der Waals surface area contributed by atoms with Crippen LogP contribution in [-0.2, 0) is 11.3 Å². The third-order valence-corrected chi connectivity index (χ3v) is 2.47. The molecular formula is C12H19N3O3. The second-order valence-corrected chi connectivity index (χ2v) is 3.87. The summed E-state index contributed by atoms with van der Waals surface area (Å²) in [4.78, 5) is 24.9. The second kappa shape index (κ2) is 6.80. The first-order chi connectivity index (χ1) is 8.62. The normalized spacial score (nSPS) is 10.2. The van der Waals surface area contributed by atoms with E-state index in [1.54, 1.807) is 12.1 Å². The van der Waals surface area contributed by atoms with E-state index in [9.17, 15) is 9.59 Å². The molecule has 1 rings (SSSR count). The summed E-state index contributed by atoms with van der Waals surface area (Å²) in [7, 11) is 1.54. The van der Waals surface area contributed by atoms with Crippen LogP contribution in [0.15, 0.2) is 16.5 Å². The Hall–Kier alpha value is -1.82. The minimum absolute atomic E-state index is 0.0296. The van der Waals surface area contributed by atoms with Crippen LogP contribution in [0.5, 0.6) is 0 Å². The summed E-state index contributed by atoms with van der Waals surface area (Å²) < 4.78 is 5.29. The highest BCUT2D eigenvalue weighted by Gasteiger charge is 2.20. The van der Waals surface area contributed by atoms with Crippen molar-refractivity contribution in [1.29, 1.82) is 0 Å². The maximum atomic E-state index is 12.1. The molecule has 1 aromatic rings. The van der Waals surface area contributed by atoms with Crippen LogP contribution in [0.3, 0.4) is 0 Å². The molecule has 2 amide bonds. The molecular weight excluding hydrogens is 234 g/mol. The Morgan fingerprint density at radius 3 is 2.67 bits per heavy atom. The fraction of sp³-hybridized carbons (Fsp3) is 0.500. The number of nitrogens with one attached hydrogen (secondary N) is 1. The average Bonchev–Trinajstić information content (AvgIpc) is 2.85. The van der Waals surface area contributed by atoms with Crippen molar-refractivity contribution in [3.8, 4) is 0 Å². The highest BCUT2D eigenvalue weighted by atomic mass is 16.4. The first-order valence-electron chi connectivity index (χ1n) is 5.91. The molecule has 0 aliphatic heterocycles. The topological polar surface area (TPSA) is 88.6 Å². The third-order valence-electron chi connectivity index (χ3n) is 2.47. The Morgan fingerprint density at radius 1 is 1.44 bits per heavy atom. The molecule has 0 spiro atoms. The highest BCUT2D eigenvalue weighted by molar-refractivity contribution is 5.94. The Bertz CT molecular complexity index is 414. The van der Waals surface area contributed by atoms with Gasteiger partial charge in [-0.3, -0.25) is 9.59 Å². The van der Waals surface area contributed by atoms with Gasteiger partial charge >= 0.3 is 0 Å². The smallest absolute Gasteiger partial charge is 0.290 e. The van der Waals surface area contributed by atoms with Gasteiger partial charge in [0.2, 0.25) is 5.91 Å². The van der Waals surface area contributed by atoms with E-state index < -0.39 is 0 Å². The van der Waals surface area contributed by atoms with Crippen LogP contribution in [0, 0.1) is 0 Å². The van der Waals surface area contributed by atoms with Crippen molar-refractivity contribution in [2.45, 2.75) is 19.9 Å². The SMILES string of the molecule is CCCN(CC(=O)NC)C(=O)c1ccc(CN)o1. The van der Waals surface area contributed by atoms with Crippen LogP contribution in [-0.4, -0.2) is 36.9 Å². The van der Waals surface area contributed by atoms with E-state index in [0.29, 0.717) is 12.3 Å². The van der Waals surface area contributed by atoms with E-state index in [2.05, 4.69) is 5.32 Å². The molecule has 0 aromatic carbocycles. The quantitative estimate of drug-likeness (QED) is 0.765. The van der Waals surface area contributed by atoms with Crippen LogP contribution >= 0.6 is 0 Å². The summed E-state index contributed by atoms with van der Waals surface area (Å²) in [6, 6.07) is 3.24. The van der Waals surface area contributed by atoms with Crippen LogP contribution in [0.25, 0.3) is 0 Å². The van der Waals surface area contributed by atoms with E-state index in [1.165, 1.54) is 11.9 Å². The van der Waals surface area contributed by atoms with E-state index in [-0.39, 0.29) is 30.7 Å². The average molecular weight is 253 g/mol. The van der Waals surface area contributed by atoms with Crippen LogP contribution in [0.1, 0.15) is 29.7 Å². The molecule has 0 radical (unpaired) electrons. The molecule has 0 aliphatic carbocycles. The molecule has 0 aliphatic rings. The van der Waals surface area contributed by atoms with Crippen molar-refractivity contribution >= 4 is 11.8 Å². The number of hydrogen-bond donors (Lipinski definition) is 2. The van der Waals surface area contributed by atoms with Gasteiger partial charge in [0.05, 0.1) is 13.1 Å². The van der Waals surface area contributed by atoms with Gasteiger partial charge in [0, 0.05) is 13.6 Å². The van der Waals surface area contributed by atoms with Crippen molar-refractivity contribution in [3.05, 3.63) is 23.7 Å². The first-order valence-corrected chi connectivity index (χ1v) is 5.91. The number of carbonyl (C=O) groups is 2. The van der Waals surface area contributed by atoms with Crippen LogP contribution in [0.4, 0.5) is 0 Å². The van der Waals surface area contributed by atoms with Gasteiger partial charge in [0.25, 0.3) is 5.91 Å². The number of furan rings is 1. The lowest BCUT2D eigenvalue weighted by atomic mass is 10.3. The van der Waals surface area contributed by atoms with E-state index in [0.717, 1.165) is 6.42 Å². The second-order valence-electron chi connectivity index (χ2n) is 3.87. The molecule has 0 atom stereocenters. The highest BCUT2D eigenvalue weighted by Crippen LogP contribution is 2.10. The zero-order chi connectivity index (χ0) is 13.5. The number of nitrogens with zero attached hydrogens (tertiary/aromatic N) is 1. The van der Waals surface area contributed by atoms with Gasteiger partial charge in [-0.05, 0) is 18.6 Å². The molecule has 3 N–H and O–H groups in total. The molecule has 0 saturated heterocycles. The molecule has 1 heterocycles. The molecule has 0 fully saturated rings. The summed E-state index contributed by atoms with van der Waals surface area (Å²) in [6.45, 7) is 2.72. The summed E-state index contributed by atoms with van der Waals surface area (Å²) in [6.07, 6.45) is 0.771. The fourth-order valence-electron chi connectivity index (χ4n) is 1.53. The zero-order valence-corrected chi connectivity index (χ0v) is 10.7. The molecule has 0 unspecified atom stereocenters. The third kappa shape index (κ3) is 3.59. The Morgan fingerprint density at radius 2 is 2.17 bits per heavy atom. The Labute approximate surface area is 106 Å². The lowest BCUT2D eigenvalue weighted by Crippen LogP contribution is -2.39. The number of carbonyl (C=O) groups excluding carboxylic acids is 2. The number of amides is 2. The molecule has 18 heavy (non-hydrogen) atoms. The van der Waals surface area contributed by atoms with Crippen LogP contribution in [0.2, 0.25) is 0 Å². The van der Waals surface area contributed by atoms with Gasteiger partial charge in [0.15, 0.2) is 5.76 Å². The summed E-state index contributed by atoms with van der Waals surface area (Å²) >= 11 is 0. The zero-order valence-electron chi connectivity index (χ0n) is 10.7. The summed E-state index contributed by atoms with van der Waals surface area (Å²) in [5.41, 5.74) is 5.42. The van der Waals surface area contributed by atoms with Crippen molar-refractivity contribution < 1.29 is 14.0 Å². The molecule has 0 bridgehead atoms. The largest absolute Gasteiger partial charge is 0.455 e. The van der Waals surface area contributed by atoms with Gasteiger partial charge in [-0.1, -0.05) is 6.92 Å². The van der Waals surface area contributed by atoms with Crippen molar-refractivity contribution in [1.82, 2.24) is 10.2 Å². The molecule has 0 saturated carbocycles. The summed E-state index contributed by atoms with van der Waals surface area (Å²) in [5.74, 6) is 0.269. The fourth-order valence-corrected chi connectivity index (χ4v) is 1.53. The monoisotopic (exact) mass is 253 g/mol. The van der Waals surface area contributed by atoms with E-state index in [4.69, 9.17) is 10.2 Å². The Kier molecular flexibility index (Phi) is 5.38. The number of likely N-dealkylation sites (N-methyl/N-ethyl adjacent to an activating group) is 1. The van der Waals surface area contributed by atoms with Crippen molar-refractivity contribution in [3.63, 3.8) is 0 Å². The molecule has 100 valence electrons. The first kappa shape index (κ1) is 14.2. The number of hydrogen-bond acceptors (Lipinski definition) is 4. The predicted molar refractivity (Wildman–Crippen MR) is 66.9 cm³/mol. The maximum absolute atomic E-state index is 12.1. The van der Waals surface area contributed by atoms with E-state index in [1.807, 2.05) is 6.92 Å². The van der Waals surface area contributed by atoms with Gasteiger partial charge in [-0.2, -0.15) is 0 Å².